The van der Waals surface area contributed by atoms with Crippen LogP contribution in [0.25, 0.3) is 11.6 Å². The minimum Gasteiger partial charge on any atom is -0.497 e. The van der Waals surface area contributed by atoms with Crippen molar-refractivity contribution in [1.82, 2.24) is 14.8 Å². The number of aliphatic imine (C=N–C) groups is 1. The number of hydrogen-bond acceptors (Lipinski definition) is 8. The Morgan fingerprint density at radius 2 is 2.18 bits per heavy atom. The number of allylic oxidation sites excluding steroid dienone is 2. The molecule has 2 aromatic heterocycles. The van der Waals surface area contributed by atoms with Crippen LogP contribution in [0.1, 0.15) is 15.4 Å². The van der Waals surface area contributed by atoms with Crippen LogP contribution in [0.15, 0.2) is 40.8 Å². The zero-order valence-corrected chi connectivity index (χ0v) is 16.9. The van der Waals surface area contributed by atoms with Crippen LogP contribution in [0.4, 0.5) is 10.8 Å². The van der Waals surface area contributed by atoms with Crippen LogP contribution >= 0.6 is 22.7 Å². The van der Waals surface area contributed by atoms with Crippen LogP contribution in [-0.4, -0.2) is 33.2 Å². The molecule has 1 aliphatic rings. The Bertz CT molecular complexity index is 1180. The zero-order valence-electron chi connectivity index (χ0n) is 15.3. The van der Waals surface area contributed by atoms with E-state index in [4.69, 9.17) is 4.74 Å². The Balaban J connectivity index is 1.79. The summed E-state index contributed by atoms with van der Waals surface area (Å²) in [5.41, 5.74) is 2.75. The van der Waals surface area contributed by atoms with Crippen molar-refractivity contribution in [3.63, 3.8) is 0 Å². The molecule has 1 aliphatic heterocycles. The lowest BCUT2D eigenvalue weighted by molar-refractivity contribution is 0.415. The highest BCUT2D eigenvalue weighted by Crippen LogP contribution is 2.36. The van der Waals surface area contributed by atoms with Crippen molar-refractivity contribution in [3.05, 3.63) is 51.1 Å². The standard InChI is InChI=1S/C19H17N5O2S2/c1-4-7-24-17(25)16(28-19(24)21-18-23-22-11(2)27-18)8-12-10-20-15-9-13(26-3)5-6-14(12)15/h4-6,8-10,25H,1,7H2,2-3H3/b12-8-,21-19-. The van der Waals surface area contributed by atoms with Crippen molar-refractivity contribution < 1.29 is 9.84 Å². The molecule has 0 bridgehead atoms. The second kappa shape index (κ2) is 7.53. The molecule has 142 valence electrons. The van der Waals surface area contributed by atoms with Gasteiger partial charge in [0.25, 0.3) is 0 Å². The van der Waals surface area contributed by atoms with Gasteiger partial charge in [-0.25, -0.2) is 0 Å². The maximum Gasteiger partial charge on any atom is 0.234 e. The Morgan fingerprint density at radius 1 is 1.32 bits per heavy atom. The summed E-state index contributed by atoms with van der Waals surface area (Å²) in [5, 5.41) is 20.2. The lowest BCUT2D eigenvalue weighted by Crippen LogP contribution is -2.12. The van der Waals surface area contributed by atoms with Gasteiger partial charge < -0.3 is 9.84 Å². The Morgan fingerprint density at radius 3 is 2.89 bits per heavy atom. The summed E-state index contributed by atoms with van der Waals surface area (Å²) in [6.45, 7) is 6.08. The maximum atomic E-state index is 10.7. The van der Waals surface area contributed by atoms with Gasteiger partial charge in [-0.05, 0) is 25.1 Å². The predicted octanol–water partition coefficient (Wildman–Crippen LogP) is 4.10. The fourth-order valence-corrected chi connectivity index (χ4v) is 4.37. The van der Waals surface area contributed by atoms with Gasteiger partial charge in [0.05, 0.1) is 17.7 Å². The maximum absolute atomic E-state index is 10.7. The van der Waals surface area contributed by atoms with Crippen molar-refractivity contribution in [2.45, 2.75) is 13.5 Å². The van der Waals surface area contributed by atoms with Crippen molar-refractivity contribution in [1.29, 1.82) is 0 Å². The molecule has 3 aromatic rings. The molecule has 0 unspecified atom stereocenters. The van der Waals surface area contributed by atoms with Gasteiger partial charge in [-0.2, -0.15) is 4.99 Å². The summed E-state index contributed by atoms with van der Waals surface area (Å²) >= 11 is 2.77. The third-order valence-corrected chi connectivity index (χ3v) is 5.82. The smallest absolute Gasteiger partial charge is 0.234 e. The molecule has 0 radical (unpaired) electrons. The van der Waals surface area contributed by atoms with E-state index in [0.29, 0.717) is 21.4 Å². The van der Waals surface area contributed by atoms with Crippen LogP contribution in [0.5, 0.6) is 11.6 Å². The van der Waals surface area contributed by atoms with E-state index >= 15 is 0 Å². The molecule has 0 amide bonds. The van der Waals surface area contributed by atoms with Gasteiger partial charge in [-0.15, -0.1) is 16.8 Å². The average molecular weight is 412 g/mol. The van der Waals surface area contributed by atoms with Crippen molar-refractivity contribution in [2.75, 3.05) is 7.11 Å². The second-order valence-corrected chi connectivity index (χ2v) is 8.10. The number of nitrogens with zero attached hydrogens (tertiary/aromatic N) is 5. The van der Waals surface area contributed by atoms with Crippen LogP contribution < -0.4 is 9.54 Å². The van der Waals surface area contributed by atoms with E-state index in [1.807, 2.05) is 31.2 Å². The summed E-state index contributed by atoms with van der Waals surface area (Å²) < 4.78 is 6.95. The SMILES string of the molecule is C=CCn1c(O)c(/C=C2/C=Nc3cc(OC)ccc32)s/c1=N\c1nnc(C)s1. The van der Waals surface area contributed by atoms with Gasteiger partial charge in [-0.1, -0.05) is 28.7 Å². The lowest BCUT2D eigenvalue weighted by atomic mass is 10.1. The molecule has 28 heavy (non-hydrogen) atoms. The van der Waals surface area contributed by atoms with Gasteiger partial charge in [0.15, 0.2) is 4.80 Å². The molecule has 1 aromatic carbocycles. The first-order valence-corrected chi connectivity index (χ1v) is 10.0. The fourth-order valence-electron chi connectivity index (χ4n) is 2.76. The minimum absolute atomic E-state index is 0.132. The minimum atomic E-state index is 0.132. The van der Waals surface area contributed by atoms with E-state index in [0.717, 1.165) is 27.6 Å². The van der Waals surface area contributed by atoms with Crippen molar-refractivity contribution in [3.8, 4) is 11.6 Å². The molecular formula is C19H17N5O2S2. The molecule has 7 nitrogen and oxygen atoms in total. The van der Waals surface area contributed by atoms with Gasteiger partial charge >= 0.3 is 0 Å². The van der Waals surface area contributed by atoms with Gasteiger partial charge in [-0.3, -0.25) is 9.56 Å². The van der Waals surface area contributed by atoms with Gasteiger partial charge in [0.2, 0.25) is 11.0 Å². The number of methoxy groups -OCH3 is 1. The number of aromatic nitrogens is 3. The highest BCUT2D eigenvalue weighted by molar-refractivity contribution is 7.15. The number of fused-ring (bicyclic) bond motifs is 1. The molecule has 4 rings (SSSR count). The molecule has 0 saturated heterocycles. The average Bonchev–Trinajstić information content (AvgIpc) is 3.36. The lowest BCUT2D eigenvalue weighted by Gasteiger charge is -2.03. The molecule has 3 heterocycles. The van der Waals surface area contributed by atoms with Crippen LogP contribution in [-0.2, 0) is 6.54 Å². The second-order valence-electron chi connectivity index (χ2n) is 5.93. The largest absolute Gasteiger partial charge is 0.497 e. The number of ether oxygens (including phenoxy) is 1. The molecule has 0 fully saturated rings. The summed E-state index contributed by atoms with van der Waals surface area (Å²) in [5.74, 6) is 0.890. The highest BCUT2D eigenvalue weighted by atomic mass is 32.1. The number of aromatic hydroxyl groups is 1. The zero-order chi connectivity index (χ0) is 19.7. The first kappa shape index (κ1) is 18.3. The summed E-state index contributed by atoms with van der Waals surface area (Å²) in [6.07, 6.45) is 5.41. The van der Waals surface area contributed by atoms with E-state index in [-0.39, 0.29) is 5.88 Å². The predicted molar refractivity (Wildman–Crippen MR) is 113 cm³/mol. The fraction of sp³-hybridized carbons (Fsp3) is 0.158. The molecule has 9 heteroatoms. The topological polar surface area (TPSA) is 84.9 Å². The summed E-state index contributed by atoms with van der Waals surface area (Å²) in [4.78, 5) is 10.3. The molecule has 0 aliphatic carbocycles. The number of hydrogen-bond donors (Lipinski definition) is 1. The molecule has 1 N–H and O–H groups in total. The first-order chi connectivity index (χ1) is 13.6. The van der Waals surface area contributed by atoms with Gasteiger partial charge in [0.1, 0.15) is 10.8 Å². The number of aryl methyl sites for hydroxylation is 1. The first-order valence-electron chi connectivity index (χ1n) is 8.41. The quantitative estimate of drug-likeness (QED) is 0.641. The van der Waals surface area contributed by atoms with Crippen molar-refractivity contribution in [2.24, 2.45) is 9.98 Å². The number of rotatable bonds is 5. The summed E-state index contributed by atoms with van der Waals surface area (Å²) in [7, 11) is 1.63. The van der Waals surface area contributed by atoms with E-state index in [1.165, 1.54) is 22.7 Å². The van der Waals surface area contributed by atoms with Crippen LogP contribution in [0.3, 0.4) is 0 Å². The molecule has 0 saturated carbocycles. The summed E-state index contributed by atoms with van der Waals surface area (Å²) in [6, 6.07) is 5.74. The van der Waals surface area contributed by atoms with E-state index in [2.05, 4.69) is 26.8 Å². The number of benzene rings is 1. The van der Waals surface area contributed by atoms with E-state index < -0.39 is 0 Å². The third-order valence-electron chi connectivity index (χ3n) is 4.07. The Kier molecular flexibility index (Phi) is 4.93. The third kappa shape index (κ3) is 3.41. The van der Waals surface area contributed by atoms with Crippen LogP contribution in [0.2, 0.25) is 0 Å². The highest BCUT2D eigenvalue weighted by Gasteiger charge is 2.16. The number of thiazole rings is 1. The van der Waals surface area contributed by atoms with E-state index in [9.17, 15) is 5.11 Å². The van der Waals surface area contributed by atoms with Gasteiger partial charge in [0, 0.05) is 30.0 Å². The van der Waals surface area contributed by atoms with Crippen LogP contribution in [0, 0.1) is 6.92 Å². The molecule has 0 spiro atoms. The van der Waals surface area contributed by atoms with E-state index in [1.54, 1.807) is 24.0 Å². The Hall–Kier alpha value is -3.04. The Labute approximate surface area is 169 Å². The molecular weight excluding hydrogens is 394 g/mol. The van der Waals surface area contributed by atoms with Crippen molar-refractivity contribution >= 4 is 51.4 Å². The monoisotopic (exact) mass is 411 g/mol. The molecule has 0 atom stereocenters. The normalized spacial score (nSPS) is 14.6.